The summed E-state index contributed by atoms with van der Waals surface area (Å²) in [6, 6.07) is 9.47. The monoisotopic (exact) mass is 490 g/mol. The minimum Gasteiger partial charge on any atom is -0.494 e. The molecule has 0 radical (unpaired) electrons. The van der Waals surface area contributed by atoms with Gasteiger partial charge in [0.25, 0.3) is 5.91 Å². The summed E-state index contributed by atoms with van der Waals surface area (Å²) in [6.07, 6.45) is 0.908. The molecule has 3 aromatic heterocycles. The maximum atomic E-state index is 14.0. The Balaban J connectivity index is 1.47. The molecule has 6 rings (SSSR count). The van der Waals surface area contributed by atoms with Crippen LogP contribution in [0.25, 0.3) is 33.6 Å². The van der Waals surface area contributed by atoms with E-state index >= 15 is 0 Å². The average molecular weight is 491 g/mol. The van der Waals surface area contributed by atoms with Gasteiger partial charge >= 0.3 is 0 Å². The van der Waals surface area contributed by atoms with Gasteiger partial charge in [0, 0.05) is 43.2 Å². The van der Waals surface area contributed by atoms with Crippen LogP contribution in [0.3, 0.4) is 0 Å². The number of hydrogen-bond donors (Lipinski definition) is 1. The lowest BCUT2D eigenvalue weighted by Gasteiger charge is -2.27. The highest BCUT2D eigenvalue weighted by molar-refractivity contribution is 6.00. The molecule has 4 heterocycles. The van der Waals surface area contributed by atoms with E-state index in [4.69, 9.17) is 15.5 Å². The fraction of sp³-hybridized carbons (Fsp3) is 0.444. The second kappa shape index (κ2) is 8.30. The summed E-state index contributed by atoms with van der Waals surface area (Å²) in [5.74, 6) is 1.68. The number of likely N-dealkylation sites (tertiary alicyclic amines) is 1. The lowest BCUT2D eigenvalue weighted by atomic mass is 10.1. The summed E-state index contributed by atoms with van der Waals surface area (Å²) in [4.78, 5) is 25.0. The molecular weight excluding hydrogens is 459 g/mol. The highest BCUT2D eigenvalue weighted by Gasteiger charge is 2.47. The normalized spacial score (nSPS) is 22.2. The quantitative estimate of drug-likeness (QED) is 0.453. The van der Waals surface area contributed by atoms with Crippen molar-refractivity contribution in [3.05, 3.63) is 41.6 Å². The van der Waals surface area contributed by atoms with E-state index in [1.54, 1.807) is 19.2 Å². The Hall–Kier alpha value is -3.46. The molecular formula is C27H31FN6O2. The molecule has 9 heteroatoms. The number of ether oxygens (including phenoxy) is 1. The maximum absolute atomic E-state index is 14.0. The van der Waals surface area contributed by atoms with Crippen molar-refractivity contribution in [2.24, 2.45) is 18.7 Å². The Morgan fingerprint density at radius 1 is 1.25 bits per heavy atom. The first-order valence-corrected chi connectivity index (χ1v) is 12.6. The number of carbonyl (C=O) groups is 1. The van der Waals surface area contributed by atoms with Crippen LogP contribution in [0.4, 0.5) is 4.39 Å². The zero-order valence-electron chi connectivity index (χ0n) is 21.0. The lowest BCUT2D eigenvalue weighted by molar-refractivity contribution is 0.0700. The molecule has 1 aliphatic carbocycles. The van der Waals surface area contributed by atoms with Gasteiger partial charge in [-0.15, -0.1) is 0 Å². The van der Waals surface area contributed by atoms with Gasteiger partial charge in [-0.2, -0.15) is 0 Å². The Bertz CT molecular complexity index is 1510. The predicted molar refractivity (Wildman–Crippen MR) is 137 cm³/mol. The van der Waals surface area contributed by atoms with Crippen LogP contribution in [0, 0.1) is 5.92 Å². The van der Waals surface area contributed by atoms with E-state index in [2.05, 4.69) is 4.98 Å². The molecule has 0 spiro atoms. The molecule has 4 atom stereocenters. The average Bonchev–Trinajstić information content (AvgIpc) is 3.61. The van der Waals surface area contributed by atoms with Crippen molar-refractivity contribution in [2.45, 2.75) is 51.5 Å². The first kappa shape index (κ1) is 23.0. The largest absolute Gasteiger partial charge is 0.494 e. The van der Waals surface area contributed by atoms with Gasteiger partial charge in [-0.25, -0.2) is 14.4 Å². The highest BCUT2D eigenvalue weighted by atomic mass is 19.1. The SMILES string of the molecule is CCn1c(-c2nc3cc(C(=O)N4C[C@H]5CC[C@@H]4[C@@H]5N)cc(OC)c3n2C)cc2ccc(C(C)F)nc21. The number of halogens is 1. The third kappa shape index (κ3) is 3.25. The number of pyridine rings is 1. The number of nitrogens with two attached hydrogens (primary N) is 1. The van der Waals surface area contributed by atoms with Crippen LogP contribution in [-0.4, -0.2) is 55.6 Å². The minimum absolute atomic E-state index is 0.0233. The number of aryl methyl sites for hydroxylation is 2. The van der Waals surface area contributed by atoms with Crippen LogP contribution in [0.1, 0.15) is 48.9 Å². The van der Waals surface area contributed by atoms with Crippen LogP contribution in [-0.2, 0) is 13.6 Å². The molecule has 1 saturated carbocycles. The number of carbonyl (C=O) groups excluding carboxylic acids is 1. The number of imidazole rings is 1. The number of hydrogen-bond acceptors (Lipinski definition) is 5. The standard InChI is InChI=1S/C27H31FN6O2/c1-5-33-21(11-15-6-8-18(14(2)28)30-25(15)33)26-31-19-10-17(12-22(36-4)24(19)32(26)3)27(35)34-13-16-7-9-20(34)23(16)29/h6,8,10-12,14,16,20,23H,5,7,9,13,29H2,1-4H3/t14?,16-,20-,23-/m1/s1. The zero-order valence-corrected chi connectivity index (χ0v) is 21.0. The molecule has 2 aliphatic rings. The van der Waals surface area contributed by atoms with Gasteiger partial charge in [0.05, 0.1) is 24.0 Å². The van der Waals surface area contributed by atoms with Crippen LogP contribution in [0.5, 0.6) is 5.75 Å². The Morgan fingerprint density at radius 2 is 2.06 bits per heavy atom. The van der Waals surface area contributed by atoms with Crippen molar-refractivity contribution in [3.8, 4) is 17.3 Å². The zero-order chi connectivity index (χ0) is 25.3. The molecule has 1 aliphatic heterocycles. The smallest absolute Gasteiger partial charge is 0.254 e. The van der Waals surface area contributed by atoms with Crippen LogP contribution in [0.15, 0.2) is 30.3 Å². The molecule has 2 bridgehead atoms. The van der Waals surface area contributed by atoms with Crippen molar-refractivity contribution >= 4 is 28.0 Å². The number of alkyl halides is 1. The molecule has 1 amide bonds. The van der Waals surface area contributed by atoms with E-state index < -0.39 is 6.17 Å². The Morgan fingerprint density at radius 3 is 2.69 bits per heavy atom. The molecule has 1 aromatic carbocycles. The minimum atomic E-state index is -1.14. The number of nitrogens with zero attached hydrogens (tertiary/aromatic N) is 5. The molecule has 2 fully saturated rings. The van der Waals surface area contributed by atoms with Gasteiger partial charge in [0.15, 0.2) is 5.82 Å². The molecule has 4 aromatic rings. The highest BCUT2D eigenvalue weighted by Crippen LogP contribution is 2.39. The van der Waals surface area contributed by atoms with E-state index in [-0.39, 0.29) is 18.0 Å². The first-order chi connectivity index (χ1) is 17.3. The van der Waals surface area contributed by atoms with Crippen LogP contribution < -0.4 is 10.5 Å². The van der Waals surface area contributed by atoms with E-state index in [9.17, 15) is 9.18 Å². The van der Waals surface area contributed by atoms with Crippen molar-refractivity contribution < 1.29 is 13.9 Å². The number of amides is 1. The van der Waals surface area contributed by atoms with Gasteiger partial charge in [0.2, 0.25) is 0 Å². The summed E-state index contributed by atoms with van der Waals surface area (Å²) in [6.45, 7) is 4.88. The van der Waals surface area contributed by atoms with Crippen molar-refractivity contribution in [2.75, 3.05) is 13.7 Å². The number of fused-ring (bicyclic) bond motifs is 4. The lowest BCUT2D eigenvalue weighted by Crippen LogP contribution is -2.41. The van der Waals surface area contributed by atoms with Crippen molar-refractivity contribution in [1.29, 1.82) is 0 Å². The number of methoxy groups -OCH3 is 1. The summed E-state index contributed by atoms with van der Waals surface area (Å²) in [5.41, 5.74) is 10.4. The second-order valence-corrected chi connectivity index (χ2v) is 10.0. The summed E-state index contributed by atoms with van der Waals surface area (Å²) >= 11 is 0. The topological polar surface area (TPSA) is 91.2 Å². The summed E-state index contributed by atoms with van der Waals surface area (Å²) < 4.78 is 23.7. The van der Waals surface area contributed by atoms with Crippen molar-refractivity contribution in [3.63, 3.8) is 0 Å². The van der Waals surface area contributed by atoms with Gasteiger partial charge in [-0.3, -0.25) is 4.79 Å². The Kier molecular flexibility index (Phi) is 5.29. The molecule has 8 nitrogen and oxygen atoms in total. The first-order valence-electron chi connectivity index (χ1n) is 12.6. The van der Waals surface area contributed by atoms with Gasteiger partial charge in [0.1, 0.15) is 23.1 Å². The fourth-order valence-corrected chi connectivity index (χ4v) is 6.14. The van der Waals surface area contributed by atoms with E-state index in [0.29, 0.717) is 41.5 Å². The summed E-state index contributed by atoms with van der Waals surface area (Å²) in [5, 5.41) is 0.923. The molecule has 1 saturated heterocycles. The van der Waals surface area contributed by atoms with Gasteiger partial charge < -0.3 is 24.5 Å². The Labute approximate surface area is 208 Å². The number of piperidine rings is 1. The summed E-state index contributed by atoms with van der Waals surface area (Å²) in [7, 11) is 3.54. The molecule has 2 N–H and O–H groups in total. The molecule has 188 valence electrons. The van der Waals surface area contributed by atoms with Crippen LogP contribution in [0.2, 0.25) is 0 Å². The van der Waals surface area contributed by atoms with Gasteiger partial charge in [-0.05, 0) is 62.9 Å². The third-order valence-electron chi connectivity index (χ3n) is 8.03. The number of aromatic nitrogens is 4. The van der Waals surface area contributed by atoms with Crippen LogP contribution >= 0.6 is 0 Å². The maximum Gasteiger partial charge on any atom is 0.254 e. The molecule has 36 heavy (non-hydrogen) atoms. The second-order valence-electron chi connectivity index (χ2n) is 10.0. The predicted octanol–water partition coefficient (Wildman–Crippen LogP) is 4.21. The third-order valence-corrected chi connectivity index (χ3v) is 8.03. The van der Waals surface area contributed by atoms with E-state index in [1.165, 1.54) is 6.92 Å². The molecule has 1 unspecified atom stereocenters. The fourth-order valence-electron chi connectivity index (χ4n) is 6.14. The number of rotatable bonds is 5. The van der Waals surface area contributed by atoms with Crippen molar-refractivity contribution in [1.82, 2.24) is 24.0 Å². The van der Waals surface area contributed by atoms with E-state index in [0.717, 1.165) is 40.9 Å². The van der Waals surface area contributed by atoms with E-state index in [1.807, 2.05) is 46.2 Å². The van der Waals surface area contributed by atoms with Gasteiger partial charge in [-0.1, -0.05) is 0 Å². The number of benzene rings is 1.